The Hall–Kier alpha value is -1.77. The fourth-order valence-electron chi connectivity index (χ4n) is 2.24. The number of rotatable bonds is 7. The Morgan fingerprint density at radius 1 is 0.850 bits per heavy atom. The molecule has 1 aromatic rings. The van der Waals surface area contributed by atoms with Crippen molar-refractivity contribution in [3.8, 4) is 0 Å². The van der Waals surface area contributed by atoms with Gasteiger partial charge in [0.25, 0.3) is 0 Å². The first kappa shape index (κ1) is 16.3. The summed E-state index contributed by atoms with van der Waals surface area (Å²) in [6.45, 7) is 9.04. The molecule has 1 radical (unpaired) electrons. The molecular weight excluding hydrogens is 252 g/mol. The van der Waals surface area contributed by atoms with Gasteiger partial charge >= 0.3 is 0 Å². The van der Waals surface area contributed by atoms with Crippen LogP contribution in [-0.2, 0) is 6.42 Å². The van der Waals surface area contributed by atoms with Gasteiger partial charge in [-0.2, -0.15) is 0 Å². The lowest BCUT2D eigenvalue weighted by molar-refractivity contribution is 0.0941. The molecular formula is C17H21O3. The van der Waals surface area contributed by atoms with Crippen molar-refractivity contribution in [2.75, 3.05) is 0 Å². The van der Waals surface area contributed by atoms with Gasteiger partial charge in [0.2, 0.25) is 0 Å². The van der Waals surface area contributed by atoms with E-state index >= 15 is 0 Å². The topological polar surface area (TPSA) is 51.2 Å². The molecule has 0 amide bonds. The van der Waals surface area contributed by atoms with Gasteiger partial charge in [0.15, 0.2) is 17.3 Å². The molecule has 0 saturated heterocycles. The van der Waals surface area contributed by atoms with Gasteiger partial charge in [-0.3, -0.25) is 14.4 Å². The van der Waals surface area contributed by atoms with Crippen molar-refractivity contribution < 1.29 is 14.4 Å². The van der Waals surface area contributed by atoms with Crippen LogP contribution in [0.15, 0.2) is 12.1 Å². The molecule has 0 heterocycles. The molecule has 0 aliphatic heterocycles. The summed E-state index contributed by atoms with van der Waals surface area (Å²) in [5.41, 5.74) is 1.80. The molecule has 3 nitrogen and oxygen atoms in total. The quantitative estimate of drug-likeness (QED) is 0.709. The number of hydrogen-bond acceptors (Lipinski definition) is 3. The van der Waals surface area contributed by atoms with Crippen LogP contribution in [-0.4, -0.2) is 17.3 Å². The van der Waals surface area contributed by atoms with Gasteiger partial charge in [0, 0.05) is 36.0 Å². The third-order valence-electron chi connectivity index (χ3n) is 3.38. The highest BCUT2D eigenvalue weighted by Crippen LogP contribution is 2.24. The van der Waals surface area contributed by atoms with E-state index in [1.54, 1.807) is 32.9 Å². The van der Waals surface area contributed by atoms with E-state index in [0.29, 0.717) is 36.0 Å². The van der Waals surface area contributed by atoms with E-state index in [2.05, 4.69) is 6.92 Å². The van der Waals surface area contributed by atoms with E-state index in [0.717, 1.165) is 5.56 Å². The molecule has 20 heavy (non-hydrogen) atoms. The van der Waals surface area contributed by atoms with Gasteiger partial charge in [-0.15, -0.1) is 0 Å². The fourth-order valence-corrected chi connectivity index (χ4v) is 2.24. The maximum atomic E-state index is 12.2. The molecule has 0 fully saturated rings. The van der Waals surface area contributed by atoms with Gasteiger partial charge in [-0.05, 0) is 18.9 Å². The lowest BCUT2D eigenvalue weighted by Crippen LogP contribution is -2.16. The minimum Gasteiger partial charge on any atom is -0.294 e. The Labute approximate surface area is 120 Å². The normalized spacial score (nSPS) is 10.4. The van der Waals surface area contributed by atoms with Crippen LogP contribution in [0.1, 0.15) is 76.7 Å². The second-order valence-electron chi connectivity index (χ2n) is 4.60. The molecule has 107 valence electrons. The zero-order valence-electron chi connectivity index (χ0n) is 12.4. The third kappa shape index (κ3) is 3.03. The van der Waals surface area contributed by atoms with Crippen molar-refractivity contribution in [2.45, 2.75) is 46.5 Å². The monoisotopic (exact) mass is 273 g/mol. The van der Waals surface area contributed by atoms with E-state index in [1.165, 1.54) is 0 Å². The Morgan fingerprint density at radius 2 is 1.35 bits per heavy atom. The van der Waals surface area contributed by atoms with E-state index in [-0.39, 0.29) is 23.8 Å². The Balaban J connectivity index is 3.69. The van der Waals surface area contributed by atoms with Crippen LogP contribution < -0.4 is 0 Å². The number of carbonyl (C=O) groups excluding carboxylic acids is 3. The minimum absolute atomic E-state index is 0.105. The molecule has 1 aromatic carbocycles. The van der Waals surface area contributed by atoms with Crippen LogP contribution in [0.3, 0.4) is 0 Å². The van der Waals surface area contributed by atoms with Crippen molar-refractivity contribution >= 4 is 17.3 Å². The first-order valence-corrected chi connectivity index (χ1v) is 7.06. The van der Waals surface area contributed by atoms with Crippen molar-refractivity contribution in [1.29, 1.82) is 0 Å². The van der Waals surface area contributed by atoms with Crippen molar-refractivity contribution in [3.05, 3.63) is 41.3 Å². The van der Waals surface area contributed by atoms with Crippen LogP contribution in [0.5, 0.6) is 0 Å². The highest BCUT2D eigenvalue weighted by atomic mass is 16.1. The maximum Gasteiger partial charge on any atom is 0.164 e. The Kier molecular flexibility index (Phi) is 5.81. The van der Waals surface area contributed by atoms with Crippen LogP contribution >= 0.6 is 0 Å². The summed E-state index contributed by atoms with van der Waals surface area (Å²) in [5, 5.41) is 0. The van der Waals surface area contributed by atoms with Crippen LogP contribution in [0, 0.1) is 6.92 Å². The second kappa shape index (κ2) is 7.13. The molecule has 0 aliphatic carbocycles. The average molecular weight is 273 g/mol. The third-order valence-corrected chi connectivity index (χ3v) is 3.38. The molecule has 0 N–H and O–H groups in total. The zero-order valence-corrected chi connectivity index (χ0v) is 12.4. The van der Waals surface area contributed by atoms with E-state index in [4.69, 9.17) is 0 Å². The van der Waals surface area contributed by atoms with E-state index in [1.807, 2.05) is 0 Å². The largest absolute Gasteiger partial charge is 0.294 e. The minimum atomic E-state index is -0.158. The summed E-state index contributed by atoms with van der Waals surface area (Å²) in [6.07, 6.45) is 1.31. The van der Waals surface area contributed by atoms with E-state index < -0.39 is 0 Å². The molecule has 0 aromatic heterocycles. The molecule has 1 rings (SSSR count). The standard InChI is InChI=1S/C17H21O3/c1-5-11-9-10-12(13(18)6-2)17(15(20)8-4)16(11)14(19)7-3/h9-10H,1,5-8H2,2-4H3. The van der Waals surface area contributed by atoms with E-state index in [9.17, 15) is 14.4 Å². The van der Waals surface area contributed by atoms with Gasteiger partial charge in [0.1, 0.15) is 0 Å². The summed E-state index contributed by atoms with van der Waals surface area (Å²) in [6, 6.07) is 3.40. The summed E-state index contributed by atoms with van der Waals surface area (Å²) >= 11 is 0. The molecule has 0 atom stereocenters. The van der Waals surface area contributed by atoms with Crippen LogP contribution in [0.4, 0.5) is 0 Å². The highest BCUT2D eigenvalue weighted by Gasteiger charge is 2.24. The molecule has 0 bridgehead atoms. The Bertz CT molecular complexity index is 541. The van der Waals surface area contributed by atoms with Gasteiger partial charge in [0.05, 0.1) is 0 Å². The average Bonchev–Trinajstić information content (AvgIpc) is 2.50. The van der Waals surface area contributed by atoms with Gasteiger partial charge < -0.3 is 0 Å². The number of ketones is 3. The van der Waals surface area contributed by atoms with Crippen molar-refractivity contribution in [2.24, 2.45) is 0 Å². The Morgan fingerprint density at radius 3 is 1.80 bits per heavy atom. The molecule has 0 unspecified atom stereocenters. The fraction of sp³-hybridized carbons (Fsp3) is 0.412. The van der Waals surface area contributed by atoms with Crippen LogP contribution in [0.25, 0.3) is 0 Å². The number of carbonyl (C=O) groups is 3. The highest BCUT2D eigenvalue weighted by molar-refractivity contribution is 6.16. The predicted molar refractivity (Wildman–Crippen MR) is 79.4 cm³/mol. The molecule has 0 aliphatic rings. The lowest BCUT2D eigenvalue weighted by Gasteiger charge is -2.15. The summed E-state index contributed by atoms with van der Waals surface area (Å²) in [7, 11) is 0. The molecule has 3 heteroatoms. The first-order valence-electron chi connectivity index (χ1n) is 7.06. The van der Waals surface area contributed by atoms with Crippen molar-refractivity contribution in [1.82, 2.24) is 0 Å². The summed E-state index contributed by atoms with van der Waals surface area (Å²) in [5.74, 6) is -0.373. The summed E-state index contributed by atoms with van der Waals surface area (Å²) in [4.78, 5) is 36.5. The van der Waals surface area contributed by atoms with Crippen molar-refractivity contribution in [3.63, 3.8) is 0 Å². The maximum absolute atomic E-state index is 12.2. The number of hydrogen-bond donors (Lipinski definition) is 0. The SMILES string of the molecule is [CH2]Cc1ccc(C(=O)CC)c(C(=O)CC)c1C(=O)CC. The summed E-state index contributed by atoms with van der Waals surface area (Å²) < 4.78 is 0. The number of benzene rings is 1. The van der Waals surface area contributed by atoms with Gasteiger partial charge in [-0.1, -0.05) is 32.9 Å². The second-order valence-corrected chi connectivity index (χ2v) is 4.60. The smallest absolute Gasteiger partial charge is 0.164 e. The lowest BCUT2D eigenvalue weighted by atomic mass is 9.86. The number of Topliss-reactive ketones (excluding diaryl/α,β-unsaturated/α-hetero) is 3. The zero-order chi connectivity index (χ0) is 15.3. The molecule has 0 saturated carbocycles. The van der Waals surface area contributed by atoms with Crippen LogP contribution in [0.2, 0.25) is 0 Å². The first-order chi connectivity index (χ1) is 9.51. The molecule has 0 spiro atoms. The van der Waals surface area contributed by atoms with Gasteiger partial charge in [-0.25, -0.2) is 0 Å². The predicted octanol–water partition coefficient (Wildman–Crippen LogP) is 3.84.